The van der Waals surface area contributed by atoms with Gasteiger partial charge >= 0.3 is 0 Å². The van der Waals surface area contributed by atoms with Crippen molar-refractivity contribution in [3.05, 3.63) is 0 Å². The van der Waals surface area contributed by atoms with Gasteiger partial charge < -0.3 is 5.32 Å². The molecule has 0 atom stereocenters. The molecule has 0 bridgehead atoms. The van der Waals surface area contributed by atoms with Gasteiger partial charge in [0.25, 0.3) is 0 Å². The van der Waals surface area contributed by atoms with Crippen molar-refractivity contribution >= 4 is 11.7 Å². The highest BCUT2D eigenvalue weighted by molar-refractivity contribution is 5.81. The maximum Gasteiger partial charge on any atom is 0.223 e. The first-order valence-corrected chi connectivity index (χ1v) is 6.22. The molecule has 3 heteroatoms. The first kappa shape index (κ1) is 13.2. The average Bonchev–Trinajstić information content (AvgIpc) is 2.07. The molecular formula is C13H23NO2. The topological polar surface area (TPSA) is 46.2 Å². The number of hydrogen-bond acceptors (Lipinski definition) is 2. The fraction of sp³-hybridized carbons (Fsp3) is 0.846. The molecule has 0 spiro atoms. The van der Waals surface area contributed by atoms with Crippen LogP contribution in [0.1, 0.15) is 59.3 Å². The molecule has 1 N–H and O–H groups in total. The van der Waals surface area contributed by atoms with Gasteiger partial charge in [-0.05, 0) is 46.5 Å². The molecule has 0 saturated heterocycles. The number of rotatable bonds is 1. The van der Waals surface area contributed by atoms with E-state index in [1.165, 1.54) is 0 Å². The van der Waals surface area contributed by atoms with Crippen LogP contribution in [-0.4, -0.2) is 17.2 Å². The number of Topliss-reactive ketones (excluding diaryl/α,β-unsaturated/α-hetero) is 1. The maximum atomic E-state index is 12.0. The van der Waals surface area contributed by atoms with Crippen LogP contribution >= 0.6 is 0 Å². The molecule has 0 aromatic rings. The maximum absolute atomic E-state index is 12.0. The van der Waals surface area contributed by atoms with Crippen LogP contribution in [0.4, 0.5) is 0 Å². The summed E-state index contributed by atoms with van der Waals surface area (Å²) >= 11 is 0. The van der Waals surface area contributed by atoms with Crippen molar-refractivity contribution in [3.8, 4) is 0 Å². The molecule has 0 radical (unpaired) electrons. The second-order valence-electron chi connectivity index (χ2n) is 5.76. The van der Waals surface area contributed by atoms with Crippen molar-refractivity contribution in [1.29, 1.82) is 0 Å². The molecule has 16 heavy (non-hydrogen) atoms. The van der Waals surface area contributed by atoms with Gasteiger partial charge in [0.2, 0.25) is 5.91 Å². The normalized spacial score (nSPS) is 20.1. The summed E-state index contributed by atoms with van der Waals surface area (Å²) in [5.74, 6) is 0.615. The largest absolute Gasteiger partial charge is 0.351 e. The van der Waals surface area contributed by atoms with E-state index in [0.717, 1.165) is 25.7 Å². The van der Waals surface area contributed by atoms with Crippen LogP contribution in [0.2, 0.25) is 0 Å². The molecule has 1 aliphatic carbocycles. The Morgan fingerprint density at radius 3 is 2.12 bits per heavy atom. The summed E-state index contributed by atoms with van der Waals surface area (Å²) in [6.45, 7) is 5.99. The molecule has 3 nitrogen and oxygen atoms in total. The lowest BCUT2D eigenvalue weighted by molar-refractivity contribution is -0.128. The Labute approximate surface area is 98.0 Å². The summed E-state index contributed by atoms with van der Waals surface area (Å²) in [5.41, 5.74) is -0.157. The number of nitrogens with one attached hydrogen (secondary N) is 1. The molecule has 1 saturated carbocycles. The highest BCUT2D eigenvalue weighted by atomic mass is 16.2. The number of carbonyl (C=O) groups is 2. The Balaban J connectivity index is 2.46. The summed E-state index contributed by atoms with van der Waals surface area (Å²) in [7, 11) is 0. The fourth-order valence-electron chi connectivity index (χ4n) is 2.09. The first-order chi connectivity index (χ1) is 7.38. The highest BCUT2D eigenvalue weighted by Gasteiger charge is 2.24. The van der Waals surface area contributed by atoms with E-state index in [1.807, 2.05) is 20.8 Å². The van der Waals surface area contributed by atoms with Gasteiger partial charge in [0.1, 0.15) is 5.78 Å². The monoisotopic (exact) mass is 225 g/mol. The molecule has 1 fully saturated rings. The minimum absolute atomic E-state index is 0.104. The Morgan fingerprint density at radius 2 is 1.69 bits per heavy atom. The average molecular weight is 225 g/mol. The minimum Gasteiger partial charge on any atom is -0.351 e. The van der Waals surface area contributed by atoms with Gasteiger partial charge in [0, 0.05) is 24.3 Å². The molecule has 1 aliphatic rings. The molecule has 0 heterocycles. The van der Waals surface area contributed by atoms with Gasteiger partial charge in [-0.2, -0.15) is 0 Å². The molecule has 0 aromatic heterocycles. The lowest BCUT2D eigenvalue weighted by Gasteiger charge is -2.25. The highest BCUT2D eigenvalue weighted by Crippen LogP contribution is 2.21. The van der Waals surface area contributed by atoms with Gasteiger partial charge in [0.15, 0.2) is 0 Å². The number of ketones is 1. The van der Waals surface area contributed by atoms with Crippen molar-refractivity contribution in [2.75, 3.05) is 0 Å². The quantitative estimate of drug-likeness (QED) is 0.745. The van der Waals surface area contributed by atoms with Gasteiger partial charge in [-0.3, -0.25) is 9.59 Å². The molecule has 92 valence electrons. The molecular weight excluding hydrogens is 202 g/mol. The molecule has 0 aromatic carbocycles. The van der Waals surface area contributed by atoms with Crippen LogP contribution < -0.4 is 5.32 Å². The van der Waals surface area contributed by atoms with E-state index in [4.69, 9.17) is 0 Å². The number of carbonyl (C=O) groups excluding carboxylic acids is 2. The van der Waals surface area contributed by atoms with Crippen molar-refractivity contribution in [2.24, 2.45) is 5.92 Å². The van der Waals surface area contributed by atoms with Crippen LogP contribution in [0.3, 0.4) is 0 Å². The van der Waals surface area contributed by atoms with Crippen LogP contribution in [0.5, 0.6) is 0 Å². The number of amides is 1. The number of hydrogen-bond donors (Lipinski definition) is 1. The summed E-state index contributed by atoms with van der Waals surface area (Å²) < 4.78 is 0. The summed E-state index contributed by atoms with van der Waals surface area (Å²) in [6.07, 6.45) is 4.74. The lowest BCUT2D eigenvalue weighted by atomic mass is 9.89. The van der Waals surface area contributed by atoms with E-state index in [0.29, 0.717) is 18.6 Å². The fourth-order valence-corrected chi connectivity index (χ4v) is 2.09. The van der Waals surface area contributed by atoms with E-state index in [2.05, 4.69) is 5.32 Å². The van der Waals surface area contributed by atoms with E-state index >= 15 is 0 Å². The second-order valence-corrected chi connectivity index (χ2v) is 5.76. The minimum atomic E-state index is -0.157. The standard InChI is InChI=1S/C13H23NO2/c1-13(2,3)14-12(16)10-6-4-8-11(15)9-5-7-10/h10H,4-9H2,1-3H3,(H,14,16). The van der Waals surface area contributed by atoms with Crippen LogP contribution in [0.15, 0.2) is 0 Å². The third-order valence-electron chi connectivity index (χ3n) is 2.89. The van der Waals surface area contributed by atoms with Gasteiger partial charge in [0.05, 0.1) is 0 Å². The van der Waals surface area contributed by atoms with E-state index < -0.39 is 0 Å². The lowest BCUT2D eigenvalue weighted by Crippen LogP contribution is -2.44. The molecule has 1 amide bonds. The van der Waals surface area contributed by atoms with E-state index in [1.54, 1.807) is 0 Å². The summed E-state index contributed by atoms with van der Waals surface area (Å²) in [4.78, 5) is 23.2. The third kappa shape index (κ3) is 4.77. The zero-order valence-electron chi connectivity index (χ0n) is 10.6. The van der Waals surface area contributed by atoms with Crippen LogP contribution in [0, 0.1) is 5.92 Å². The SMILES string of the molecule is CC(C)(C)NC(=O)C1CCCC(=O)CCC1. The van der Waals surface area contributed by atoms with Crippen molar-refractivity contribution in [2.45, 2.75) is 64.8 Å². The predicted molar refractivity (Wildman–Crippen MR) is 64.1 cm³/mol. The van der Waals surface area contributed by atoms with Crippen LogP contribution in [0.25, 0.3) is 0 Å². The molecule has 1 rings (SSSR count). The predicted octanol–water partition coefficient (Wildman–Crippen LogP) is 2.44. The van der Waals surface area contributed by atoms with Crippen LogP contribution in [-0.2, 0) is 9.59 Å². The molecule has 0 aliphatic heterocycles. The third-order valence-corrected chi connectivity index (χ3v) is 2.89. The Bertz CT molecular complexity index is 254. The second kappa shape index (κ2) is 5.46. The van der Waals surface area contributed by atoms with Crippen molar-refractivity contribution in [1.82, 2.24) is 5.32 Å². The van der Waals surface area contributed by atoms with Gasteiger partial charge in [-0.25, -0.2) is 0 Å². The molecule has 0 unspecified atom stereocenters. The van der Waals surface area contributed by atoms with Crippen molar-refractivity contribution < 1.29 is 9.59 Å². The van der Waals surface area contributed by atoms with E-state index in [9.17, 15) is 9.59 Å². The van der Waals surface area contributed by atoms with Gasteiger partial charge in [-0.15, -0.1) is 0 Å². The summed E-state index contributed by atoms with van der Waals surface area (Å²) in [6, 6.07) is 0. The zero-order chi connectivity index (χ0) is 12.2. The summed E-state index contributed by atoms with van der Waals surface area (Å²) in [5, 5.41) is 3.02. The van der Waals surface area contributed by atoms with E-state index in [-0.39, 0.29) is 17.4 Å². The Kier molecular flexibility index (Phi) is 4.51. The zero-order valence-corrected chi connectivity index (χ0v) is 10.6. The Hall–Kier alpha value is -0.860. The Morgan fingerprint density at radius 1 is 1.19 bits per heavy atom. The van der Waals surface area contributed by atoms with Crippen molar-refractivity contribution in [3.63, 3.8) is 0 Å². The first-order valence-electron chi connectivity index (χ1n) is 6.22. The smallest absolute Gasteiger partial charge is 0.223 e. The van der Waals surface area contributed by atoms with Gasteiger partial charge in [-0.1, -0.05) is 0 Å².